The van der Waals surface area contributed by atoms with Crippen LogP contribution in [0.3, 0.4) is 0 Å². The lowest BCUT2D eigenvalue weighted by molar-refractivity contribution is -0.150. The lowest BCUT2D eigenvalue weighted by atomic mass is 9.92. The molecule has 0 aliphatic carbocycles. The molecular weight excluding hydrogens is 363 g/mol. The monoisotopic (exact) mass is 392 g/mol. The number of morpholine rings is 1. The van der Waals surface area contributed by atoms with Crippen LogP contribution >= 0.6 is 24.8 Å². The summed E-state index contributed by atoms with van der Waals surface area (Å²) < 4.78 is 7.76. The molecule has 2 saturated heterocycles. The average molecular weight is 393 g/mol. The van der Waals surface area contributed by atoms with Gasteiger partial charge in [0.25, 0.3) is 0 Å². The van der Waals surface area contributed by atoms with E-state index in [-0.39, 0.29) is 30.7 Å². The van der Waals surface area contributed by atoms with E-state index in [0.717, 1.165) is 25.1 Å². The molecule has 1 aromatic rings. The van der Waals surface area contributed by atoms with Gasteiger partial charge in [-0.15, -0.1) is 24.8 Å². The molecule has 1 unspecified atom stereocenters. The largest absolute Gasteiger partial charge is 0.367 e. The van der Waals surface area contributed by atoms with Crippen LogP contribution in [-0.4, -0.2) is 53.4 Å². The average Bonchev–Trinajstić information content (AvgIpc) is 3.01. The number of nitrogens with zero attached hydrogens (tertiary/aromatic N) is 3. The maximum Gasteiger partial charge on any atom is 0.222 e. The highest BCUT2D eigenvalue weighted by atomic mass is 35.5. The Morgan fingerprint density at radius 3 is 2.76 bits per heavy atom. The zero-order valence-corrected chi connectivity index (χ0v) is 16.7. The first-order valence-electron chi connectivity index (χ1n) is 8.68. The second-order valence-electron chi connectivity index (χ2n) is 7.03. The van der Waals surface area contributed by atoms with Gasteiger partial charge in [-0.05, 0) is 45.2 Å². The van der Waals surface area contributed by atoms with E-state index in [0.29, 0.717) is 32.0 Å². The second-order valence-corrected chi connectivity index (χ2v) is 7.03. The van der Waals surface area contributed by atoms with Gasteiger partial charge in [0.15, 0.2) is 0 Å². The van der Waals surface area contributed by atoms with Crippen LogP contribution in [0.5, 0.6) is 0 Å². The minimum atomic E-state index is -0.447. The van der Waals surface area contributed by atoms with Gasteiger partial charge in [0.1, 0.15) is 5.60 Å². The molecule has 0 aromatic carbocycles. The van der Waals surface area contributed by atoms with E-state index in [1.165, 1.54) is 12.8 Å². The van der Waals surface area contributed by atoms with Crippen molar-refractivity contribution in [2.24, 2.45) is 13.0 Å². The summed E-state index contributed by atoms with van der Waals surface area (Å²) in [6.07, 6.45) is 7.88. The number of nitrogens with one attached hydrogen (secondary N) is 1. The summed E-state index contributed by atoms with van der Waals surface area (Å²) in [5, 5.41) is 7.61. The predicted octanol–water partition coefficient (Wildman–Crippen LogP) is 2.12. The number of aromatic nitrogens is 2. The lowest BCUT2D eigenvalue weighted by Gasteiger charge is -2.40. The number of rotatable bonds is 4. The van der Waals surface area contributed by atoms with Crippen molar-refractivity contribution in [3.05, 3.63) is 18.0 Å². The Morgan fingerprint density at radius 2 is 2.12 bits per heavy atom. The predicted molar refractivity (Wildman–Crippen MR) is 102 cm³/mol. The summed E-state index contributed by atoms with van der Waals surface area (Å²) in [6, 6.07) is 0. The van der Waals surface area contributed by atoms with E-state index in [1.54, 1.807) is 4.68 Å². The molecule has 0 saturated carbocycles. The minimum absolute atomic E-state index is 0. The van der Waals surface area contributed by atoms with E-state index in [9.17, 15) is 4.79 Å². The van der Waals surface area contributed by atoms with Gasteiger partial charge < -0.3 is 15.0 Å². The van der Waals surface area contributed by atoms with Crippen molar-refractivity contribution >= 4 is 30.7 Å². The quantitative estimate of drug-likeness (QED) is 0.852. The number of ether oxygens (including phenoxy) is 1. The molecule has 3 rings (SSSR count). The molecule has 25 heavy (non-hydrogen) atoms. The zero-order valence-electron chi connectivity index (χ0n) is 15.1. The fourth-order valence-corrected chi connectivity index (χ4v) is 3.61. The van der Waals surface area contributed by atoms with Gasteiger partial charge in [-0.1, -0.05) is 0 Å². The van der Waals surface area contributed by atoms with Crippen molar-refractivity contribution < 1.29 is 9.53 Å². The number of piperidine rings is 1. The number of hydrogen-bond donors (Lipinski definition) is 1. The standard InChI is InChI=1S/C17H28N4O2.2ClH/c1-17(15-11-19-20(2)12-15)13-21(9-10-23-17)16(22)4-3-14-5-7-18-8-6-14;;/h11-12,14,18H,3-10,13H2,1-2H3;2*1H. The molecule has 0 radical (unpaired) electrons. The fourth-order valence-electron chi connectivity index (χ4n) is 3.61. The fraction of sp³-hybridized carbons (Fsp3) is 0.765. The Morgan fingerprint density at radius 1 is 1.40 bits per heavy atom. The van der Waals surface area contributed by atoms with Crippen molar-refractivity contribution in [3.63, 3.8) is 0 Å². The van der Waals surface area contributed by atoms with Crippen molar-refractivity contribution in [1.29, 1.82) is 0 Å². The molecule has 8 heteroatoms. The van der Waals surface area contributed by atoms with E-state index in [1.807, 2.05) is 24.3 Å². The topological polar surface area (TPSA) is 59.4 Å². The normalized spacial score (nSPS) is 24.3. The van der Waals surface area contributed by atoms with Gasteiger partial charge in [0.05, 0.1) is 19.3 Å². The van der Waals surface area contributed by atoms with Gasteiger partial charge in [-0.3, -0.25) is 9.48 Å². The van der Waals surface area contributed by atoms with Gasteiger partial charge in [-0.2, -0.15) is 5.10 Å². The number of amides is 1. The molecule has 144 valence electrons. The van der Waals surface area contributed by atoms with Crippen molar-refractivity contribution in [1.82, 2.24) is 20.0 Å². The van der Waals surface area contributed by atoms with Crippen LogP contribution in [0.1, 0.15) is 38.2 Å². The number of carbonyl (C=O) groups is 1. The summed E-state index contributed by atoms with van der Waals surface area (Å²) in [6.45, 7) is 6.14. The van der Waals surface area contributed by atoms with E-state index >= 15 is 0 Å². The maximum absolute atomic E-state index is 12.6. The first kappa shape index (κ1) is 22.2. The molecule has 0 spiro atoms. The van der Waals surface area contributed by atoms with Gasteiger partial charge in [0.2, 0.25) is 5.91 Å². The first-order chi connectivity index (χ1) is 11.1. The highest BCUT2D eigenvalue weighted by molar-refractivity contribution is 5.85. The third kappa shape index (κ3) is 5.58. The van der Waals surface area contributed by atoms with Crippen LogP contribution in [0.15, 0.2) is 12.4 Å². The van der Waals surface area contributed by atoms with E-state index in [4.69, 9.17) is 4.74 Å². The molecule has 2 aliphatic rings. The molecule has 1 aromatic heterocycles. The minimum Gasteiger partial charge on any atom is -0.367 e. The third-order valence-electron chi connectivity index (χ3n) is 5.17. The van der Waals surface area contributed by atoms with Crippen LogP contribution in [0, 0.1) is 5.92 Å². The summed E-state index contributed by atoms with van der Waals surface area (Å²) in [7, 11) is 1.90. The Bertz CT molecular complexity index is 549. The van der Waals surface area contributed by atoms with Crippen molar-refractivity contribution in [3.8, 4) is 0 Å². The van der Waals surface area contributed by atoms with Crippen LogP contribution in [0.4, 0.5) is 0 Å². The molecular formula is C17H30Cl2N4O2. The molecule has 1 amide bonds. The first-order valence-corrected chi connectivity index (χ1v) is 8.68. The molecule has 6 nitrogen and oxygen atoms in total. The highest BCUT2D eigenvalue weighted by Crippen LogP contribution is 2.29. The summed E-state index contributed by atoms with van der Waals surface area (Å²) in [5.41, 5.74) is 0.590. The highest BCUT2D eigenvalue weighted by Gasteiger charge is 2.36. The number of carbonyl (C=O) groups excluding carboxylic acids is 1. The van der Waals surface area contributed by atoms with Crippen LogP contribution < -0.4 is 5.32 Å². The second kappa shape index (κ2) is 9.76. The van der Waals surface area contributed by atoms with E-state index < -0.39 is 5.60 Å². The summed E-state index contributed by atoms with van der Waals surface area (Å²) >= 11 is 0. The van der Waals surface area contributed by atoms with Gasteiger partial charge in [-0.25, -0.2) is 0 Å². The smallest absolute Gasteiger partial charge is 0.222 e. The Kier molecular flexibility index (Phi) is 8.68. The maximum atomic E-state index is 12.6. The van der Waals surface area contributed by atoms with Crippen molar-refractivity contribution in [2.75, 3.05) is 32.8 Å². The summed E-state index contributed by atoms with van der Waals surface area (Å²) in [5.74, 6) is 0.966. The Balaban J connectivity index is 0.00000156. The molecule has 0 bridgehead atoms. The summed E-state index contributed by atoms with van der Waals surface area (Å²) in [4.78, 5) is 14.6. The molecule has 1 atom stereocenters. The molecule has 3 heterocycles. The third-order valence-corrected chi connectivity index (χ3v) is 5.17. The molecule has 2 fully saturated rings. The molecule has 2 aliphatic heterocycles. The Hall–Kier alpha value is -0.820. The van der Waals surface area contributed by atoms with Crippen LogP contribution in [-0.2, 0) is 22.2 Å². The zero-order chi connectivity index (χ0) is 16.3. The van der Waals surface area contributed by atoms with Crippen molar-refractivity contribution in [2.45, 2.75) is 38.2 Å². The van der Waals surface area contributed by atoms with Crippen LogP contribution in [0.25, 0.3) is 0 Å². The number of halogens is 2. The SMILES string of the molecule is Cl.Cl.Cn1cc(C2(C)CN(C(=O)CCC3CCNCC3)CCO2)cn1. The van der Waals surface area contributed by atoms with E-state index in [2.05, 4.69) is 17.3 Å². The molecule has 1 N–H and O–H groups in total. The van der Waals surface area contributed by atoms with Crippen LogP contribution in [0.2, 0.25) is 0 Å². The van der Waals surface area contributed by atoms with Gasteiger partial charge in [0, 0.05) is 31.8 Å². The number of aryl methyl sites for hydroxylation is 1. The van der Waals surface area contributed by atoms with Gasteiger partial charge >= 0.3 is 0 Å². The lowest BCUT2D eigenvalue weighted by Crippen LogP contribution is -2.50. The number of hydrogen-bond acceptors (Lipinski definition) is 4. The Labute approximate surface area is 162 Å².